The van der Waals surface area contributed by atoms with E-state index in [1.807, 2.05) is 11.8 Å². The van der Waals surface area contributed by atoms with Gasteiger partial charge in [0.2, 0.25) is 11.8 Å². The van der Waals surface area contributed by atoms with E-state index in [0.29, 0.717) is 18.4 Å². The average molecular weight is 309 g/mol. The van der Waals surface area contributed by atoms with Crippen molar-refractivity contribution in [3.8, 4) is 0 Å². The molecule has 0 radical (unpaired) electrons. The molecule has 5 nitrogen and oxygen atoms in total. The Bertz CT molecular complexity index is 383. The van der Waals surface area contributed by atoms with E-state index in [0.717, 1.165) is 39.0 Å². The standard InChI is InChI=1S/C17H31N3O2/c1-13(2)12-16(21)20-10-8-19(9-11-20)14(3)17(22)18-15-6-4-5-7-15/h13-15H,4-12H2,1-3H3,(H,18,22). The quantitative estimate of drug-likeness (QED) is 0.840. The molecule has 22 heavy (non-hydrogen) atoms. The molecule has 5 heteroatoms. The number of piperazine rings is 1. The molecule has 126 valence electrons. The van der Waals surface area contributed by atoms with Crippen LogP contribution in [0.4, 0.5) is 0 Å². The van der Waals surface area contributed by atoms with Crippen LogP contribution in [0.25, 0.3) is 0 Å². The van der Waals surface area contributed by atoms with Gasteiger partial charge in [-0.2, -0.15) is 0 Å². The second kappa shape index (κ2) is 7.95. The molecule has 1 aliphatic carbocycles. The van der Waals surface area contributed by atoms with Crippen LogP contribution >= 0.6 is 0 Å². The van der Waals surface area contributed by atoms with E-state index in [1.54, 1.807) is 0 Å². The van der Waals surface area contributed by atoms with E-state index < -0.39 is 0 Å². The second-order valence-electron chi connectivity index (χ2n) is 7.18. The third-order valence-corrected chi connectivity index (χ3v) is 4.88. The number of hydrogen-bond donors (Lipinski definition) is 1. The molecule has 2 rings (SSSR count). The molecule has 0 aromatic carbocycles. The first-order valence-corrected chi connectivity index (χ1v) is 8.79. The van der Waals surface area contributed by atoms with Gasteiger partial charge in [0.1, 0.15) is 0 Å². The first kappa shape index (κ1) is 17.3. The van der Waals surface area contributed by atoms with Gasteiger partial charge < -0.3 is 10.2 Å². The summed E-state index contributed by atoms with van der Waals surface area (Å²) in [5, 5.41) is 3.17. The molecule has 0 bridgehead atoms. The third kappa shape index (κ3) is 4.70. The summed E-state index contributed by atoms with van der Waals surface area (Å²) in [7, 11) is 0. The van der Waals surface area contributed by atoms with Crippen molar-refractivity contribution in [2.75, 3.05) is 26.2 Å². The fraction of sp³-hybridized carbons (Fsp3) is 0.882. The zero-order chi connectivity index (χ0) is 16.1. The maximum atomic E-state index is 12.3. The van der Waals surface area contributed by atoms with Crippen LogP contribution in [0.2, 0.25) is 0 Å². The maximum absolute atomic E-state index is 12.3. The molecule has 1 aliphatic heterocycles. The van der Waals surface area contributed by atoms with E-state index in [4.69, 9.17) is 0 Å². The topological polar surface area (TPSA) is 52.7 Å². The summed E-state index contributed by atoms with van der Waals surface area (Å²) in [4.78, 5) is 28.5. The summed E-state index contributed by atoms with van der Waals surface area (Å²) in [5.41, 5.74) is 0. The van der Waals surface area contributed by atoms with E-state index in [2.05, 4.69) is 24.1 Å². The third-order valence-electron chi connectivity index (χ3n) is 4.88. The van der Waals surface area contributed by atoms with Gasteiger partial charge in [0.15, 0.2) is 0 Å². The van der Waals surface area contributed by atoms with Crippen molar-refractivity contribution in [2.45, 2.75) is 65.0 Å². The van der Waals surface area contributed by atoms with Crippen LogP contribution in [0.5, 0.6) is 0 Å². The number of nitrogens with zero attached hydrogens (tertiary/aromatic N) is 2. The van der Waals surface area contributed by atoms with Crippen molar-refractivity contribution < 1.29 is 9.59 Å². The summed E-state index contributed by atoms with van der Waals surface area (Å²) in [6, 6.07) is 0.284. The zero-order valence-corrected chi connectivity index (χ0v) is 14.3. The number of rotatable bonds is 5. The number of carbonyl (C=O) groups is 2. The van der Waals surface area contributed by atoms with Crippen molar-refractivity contribution in [1.29, 1.82) is 0 Å². The van der Waals surface area contributed by atoms with Crippen LogP contribution in [0, 0.1) is 5.92 Å². The molecule has 1 unspecified atom stereocenters. The van der Waals surface area contributed by atoms with Gasteiger partial charge in [-0.1, -0.05) is 26.7 Å². The van der Waals surface area contributed by atoms with E-state index in [1.165, 1.54) is 12.8 Å². The van der Waals surface area contributed by atoms with E-state index in [-0.39, 0.29) is 17.9 Å². The summed E-state index contributed by atoms with van der Waals surface area (Å²) >= 11 is 0. The lowest BCUT2D eigenvalue weighted by molar-refractivity contribution is -0.135. The normalized spacial score (nSPS) is 22.1. The second-order valence-corrected chi connectivity index (χ2v) is 7.18. The zero-order valence-electron chi connectivity index (χ0n) is 14.3. The lowest BCUT2D eigenvalue weighted by Gasteiger charge is -2.38. The first-order valence-electron chi connectivity index (χ1n) is 8.79. The lowest BCUT2D eigenvalue weighted by atomic mass is 10.1. The van der Waals surface area contributed by atoms with Gasteiger partial charge in [-0.05, 0) is 25.7 Å². The lowest BCUT2D eigenvalue weighted by Crippen LogP contribution is -2.55. The molecule has 0 spiro atoms. The monoisotopic (exact) mass is 309 g/mol. The molecule has 2 aliphatic rings. The highest BCUT2D eigenvalue weighted by atomic mass is 16.2. The van der Waals surface area contributed by atoms with Gasteiger partial charge in [-0.25, -0.2) is 0 Å². The van der Waals surface area contributed by atoms with Crippen molar-refractivity contribution in [3.05, 3.63) is 0 Å². The first-order chi connectivity index (χ1) is 10.5. The summed E-state index contributed by atoms with van der Waals surface area (Å²) < 4.78 is 0. The average Bonchev–Trinajstić information content (AvgIpc) is 2.98. The number of hydrogen-bond acceptors (Lipinski definition) is 3. The Morgan fingerprint density at radius 3 is 2.18 bits per heavy atom. The van der Waals surface area contributed by atoms with Gasteiger partial charge >= 0.3 is 0 Å². The molecule has 1 saturated heterocycles. The molecular formula is C17H31N3O2. The maximum Gasteiger partial charge on any atom is 0.237 e. The summed E-state index contributed by atoms with van der Waals surface area (Å²) in [6.45, 7) is 9.20. The Balaban J connectivity index is 1.75. The van der Waals surface area contributed by atoms with Gasteiger partial charge in [0.05, 0.1) is 6.04 Å². The molecule has 1 N–H and O–H groups in total. The van der Waals surface area contributed by atoms with Crippen molar-refractivity contribution in [2.24, 2.45) is 5.92 Å². The van der Waals surface area contributed by atoms with Gasteiger partial charge in [-0.3, -0.25) is 14.5 Å². The highest BCUT2D eigenvalue weighted by molar-refractivity contribution is 5.81. The molecule has 2 amide bonds. The molecule has 1 heterocycles. The minimum atomic E-state index is -0.0945. The molecule has 1 atom stereocenters. The molecular weight excluding hydrogens is 278 g/mol. The van der Waals surface area contributed by atoms with Gasteiger partial charge in [0, 0.05) is 38.6 Å². The highest BCUT2D eigenvalue weighted by Gasteiger charge is 2.29. The Morgan fingerprint density at radius 1 is 1.05 bits per heavy atom. The van der Waals surface area contributed by atoms with Crippen LogP contribution in [-0.4, -0.2) is 59.9 Å². The van der Waals surface area contributed by atoms with Crippen molar-refractivity contribution in [3.63, 3.8) is 0 Å². The van der Waals surface area contributed by atoms with Crippen LogP contribution < -0.4 is 5.32 Å². The van der Waals surface area contributed by atoms with Gasteiger partial charge in [-0.15, -0.1) is 0 Å². The minimum absolute atomic E-state index is 0.0945. The SMILES string of the molecule is CC(C)CC(=O)N1CCN(C(C)C(=O)NC2CCCC2)CC1. The number of amides is 2. The Hall–Kier alpha value is -1.10. The predicted octanol–water partition coefficient (Wildman–Crippen LogP) is 1.62. The van der Waals surface area contributed by atoms with Crippen LogP contribution in [0.15, 0.2) is 0 Å². The van der Waals surface area contributed by atoms with E-state index >= 15 is 0 Å². The van der Waals surface area contributed by atoms with Crippen LogP contribution in [-0.2, 0) is 9.59 Å². The Kier molecular flexibility index (Phi) is 6.24. The molecule has 0 aromatic rings. The van der Waals surface area contributed by atoms with Crippen LogP contribution in [0.1, 0.15) is 52.9 Å². The smallest absolute Gasteiger partial charge is 0.237 e. The Labute approximate surface area is 134 Å². The molecule has 1 saturated carbocycles. The molecule has 0 aromatic heterocycles. The van der Waals surface area contributed by atoms with Gasteiger partial charge in [0.25, 0.3) is 0 Å². The molecule has 2 fully saturated rings. The van der Waals surface area contributed by atoms with Crippen molar-refractivity contribution >= 4 is 11.8 Å². The highest BCUT2D eigenvalue weighted by Crippen LogP contribution is 2.18. The summed E-state index contributed by atoms with van der Waals surface area (Å²) in [6.07, 6.45) is 5.33. The van der Waals surface area contributed by atoms with Crippen molar-refractivity contribution in [1.82, 2.24) is 15.1 Å². The fourth-order valence-corrected chi connectivity index (χ4v) is 3.39. The fourth-order valence-electron chi connectivity index (χ4n) is 3.39. The summed E-state index contributed by atoms with van der Waals surface area (Å²) in [5.74, 6) is 0.799. The number of carbonyl (C=O) groups excluding carboxylic acids is 2. The largest absolute Gasteiger partial charge is 0.352 e. The Morgan fingerprint density at radius 2 is 1.64 bits per heavy atom. The number of nitrogens with one attached hydrogen (secondary N) is 1. The van der Waals surface area contributed by atoms with E-state index in [9.17, 15) is 9.59 Å². The minimum Gasteiger partial charge on any atom is -0.352 e. The van der Waals surface area contributed by atoms with Crippen LogP contribution in [0.3, 0.4) is 0 Å². The predicted molar refractivity (Wildman–Crippen MR) is 87.5 cm³/mol.